The molecule has 0 bridgehead atoms. The summed E-state index contributed by atoms with van der Waals surface area (Å²) in [7, 11) is 0. The van der Waals surface area contributed by atoms with Crippen LogP contribution < -0.4 is 4.74 Å². The average molecular weight is 335 g/mol. The molecule has 3 heteroatoms. The zero-order chi connectivity index (χ0) is 17.9. The minimum atomic E-state index is -0.385. The number of allylic oxidation sites excluding steroid dienone is 3. The highest BCUT2D eigenvalue weighted by Gasteiger charge is 2.03. The Bertz CT molecular complexity index is 713. The molecular formula is C22H25NO2. The van der Waals surface area contributed by atoms with Crippen LogP contribution in [0.1, 0.15) is 38.8 Å². The lowest BCUT2D eigenvalue weighted by Crippen LogP contribution is -2.03. The fourth-order valence-corrected chi connectivity index (χ4v) is 2.41. The maximum atomic E-state index is 11.6. The summed E-state index contributed by atoms with van der Waals surface area (Å²) < 4.78 is 5.25. The molecule has 0 radical (unpaired) electrons. The largest absolute Gasteiger partial charge is 0.423 e. The minimum Gasteiger partial charge on any atom is -0.423 e. The molecule has 0 N–H and O–H groups in total. The first kappa shape index (κ1) is 18.7. The van der Waals surface area contributed by atoms with Crippen LogP contribution in [0, 0.1) is 0 Å². The number of hydrogen-bond donors (Lipinski definition) is 0. The molecule has 2 aromatic rings. The van der Waals surface area contributed by atoms with Crippen LogP contribution in [0.2, 0.25) is 0 Å². The molecule has 25 heavy (non-hydrogen) atoms. The number of carbonyl (C=O) groups excluding carboxylic acids is 1. The Labute approximate surface area is 150 Å². The van der Waals surface area contributed by atoms with Crippen LogP contribution >= 0.6 is 0 Å². The van der Waals surface area contributed by atoms with Gasteiger partial charge in [0.15, 0.2) is 0 Å². The van der Waals surface area contributed by atoms with Gasteiger partial charge in [0, 0.05) is 23.5 Å². The highest BCUT2D eigenvalue weighted by Crippen LogP contribution is 2.22. The molecule has 0 amide bonds. The molecule has 0 saturated carbocycles. The molecule has 3 nitrogen and oxygen atoms in total. The molecule has 0 aliphatic rings. The van der Waals surface area contributed by atoms with Crippen LogP contribution in [0.4, 0.5) is 0 Å². The van der Waals surface area contributed by atoms with Crippen molar-refractivity contribution in [3.8, 4) is 16.9 Å². The van der Waals surface area contributed by atoms with Gasteiger partial charge in [-0.25, -0.2) is 4.79 Å². The van der Waals surface area contributed by atoms with Gasteiger partial charge in [0.2, 0.25) is 0 Å². The van der Waals surface area contributed by atoms with E-state index in [2.05, 4.69) is 24.0 Å². The number of benzene rings is 1. The number of aryl methyl sites for hydroxylation is 1. The highest BCUT2D eigenvalue weighted by molar-refractivity contribution is 5.84. The molecular weight excluding hydrogens is 310 g/mol. The molecule has 1 heterocycles. The van der Waals surface area contributed by atoms with Crippen LogP contribution in [0.25, 0.3) is 11.1 Å². The lowest BCUT2D eigenvalue weighted by atomic mass is 10.1. The molecule has 0 unspecified atom stereocenters. The Hall–Kier alpha value is -2.68. The Balaban J connectivity index is 1.96. The van der Waals surface area contributed by atoms with Gasteiger partial charge in [-0.3, -0.25) is 4.98 Å². The SMILES string of the molecule is C/C=C/C=C/C(=O)Oc1ccc(-c2ccc(CCCCC)nc2)cc1. The molecule has 130 valence electrons. The lowest BCUT2D eigenvalue weighted by molar-refractivity contribution is -0.128. The molecule has 1 aromatic carbocycles. The molecule has 1 aromatic heterocycles. The van der Waals surface area contributed by atoms with Crippen LogP contribution in [0.5, 0.6) is 5.75 Å². The third-order valence-corrected chi connectivity index (χ3v) is 3.80. The van der Waals surface area contributed by atoms with Gasteiger partial charge in [0.1, 0.15) is 5.75 Å². The van der Waals surface area contributed by atoms with E-state index >= 15 is 0 Å². The predicted molar refractivity (Wildman–Crippen MR) is 102 cm³/mol. The second-order valence-corrected chi connectivity index (χ2v) is 5.83. The minimum absolute atomic E-state index is 0.385. The second-order valence-electron chi connectivity index (χ2n) is 5.83. The van der Waals surface area contributed by atoms with E-state index in [1.165, 1.54) is 25.3 Å². The van der Waals surface area contributed by atoms with Crippen molar-refractivity contribution in [1.29, 1.82) is 0 Å². The van der Waals surface area contributed by atoms with E-state index in [1.807, 2.05) is 31.3 Å². The number of unbranched alkanes of at least 4 members (excludes halogenated alkanes) is 2. The van der Waals surface area contributed by atoms with Crippen LogP contribution in [0.3, 0.4) is 0 Å². The first-order valence-electron chi connectivity index (χ1n) is 8.79. The Morgan fingerprint density at radius 3 is 2.44 bits per heavy atom. The van der Waals surface area contributed by atoms with Gasteiger partial charge in [-0.05, 0) is 43.5 Å². The van der Waals surface area contributed by atoms with E-state index in [9.17, 15) is 4.79 Å². The third-order valence-electron chi connectivity index (χ3n) is 3.80. The van der Waals surface area contributed by atoms with Crippen LogP contribution in [-0.2, 0) is 11.2 Å². The predicted octanol–water partition coefficient (Wildman–Crippen LogP) is 5.52. The Morgan fingerprint density at radius 2 is 1.80 bits per heavy atom. The van der Waals surface area contributed by atoms with Crippen molar-refractivity contribution in [2.24, 2.45) is 0 Å². The number of carbonyl (C=O) groups is 1. The van der Waals surface area contributed by atoms with E-state index in [1.54, 1.807) is 24.3 Å². The van der Waals surface area contributed by atoms with Crippen LogP contribution in [0.15, 0.2) is 66.9 Å². The number of pyridine rings is 1. The highest BCUT2D eigenvalue weighted by atomic mass is 16.5. The lowest BCUT2D eigenvalue weighted by Gasteiger charge is -2.05. The standard InChI is InChI=1S/C22H25NO2/c1-3-5-7-9-20-14-11-19(17-23-20)18-12-15-21(16-13-18)25-22(24)10-8-6-4-2/h4,6,8,10-17H,3,5,7,9H2,1-2H3/b6-4+,10-8+. The Morgan fingerprint density at radius 1 is 1.04 bits per heavy atom. The number of ether oxygens (including phenoxy) is 1. The quantitative estimate of drug-likeness (QED) is 0.210. The molecule has 0 fully saturated rings. The normalized spacial score (nSPS) is 11.3. The summed E-state index contributed by atoms with van der Waals surface area (Å²) in [6.07, 6.45) is 13.3. The number of esters is 1. The van der Waals surface area contributed by atoms with Crippen molar-refractivity contribution in [2.75, 3.05) is 0 Å². The van der Waals surface area contributed by atoms with Gasteiger partial charge >= 0.3 is 5.97 Å². The van der Waals surface area contributed by atoms with Gasteiger partial charge in [-0.15, -0.1) is 0 Å². The summed E-state index contributed by atoms with van der Waals surface area (Å²) in [5.74, 6) is 0.145. The van der Waals surface area contributed by atoms with Gasteiger partial charge in [0.05, 0.1) is 0 Å². The van der Waals surface area contributed by atoms with E-state index in [-0.39, 0.29) is 5.97 Å². The number of hydrogen-bond acceptors (Lipinski definition) is 3. The second kappa shape index (κ2) is 10.2. The Kier molecular flexibility index (Phi) is 7.64. The van der Waals surface area contributed by atoms with Gasteiger partial charge in [-0.2, -0.15) is 0 Å². The first-order valence-corrected chi connectivity index (χ1v) is 8.79. The van der Waals surface area contributed by atoms with Crippen molar-refractivity contribution in [1.82, 2.24) is 4.98 Å². The van der Waals surface area contributed by atoms with Gasteiger partial charge in [-0.1, -0.05) is 56.2 Å². The summed E-state index contributed by atoms with van der Waals surface area (Å²) in [5.41, 5.74) is 3.25. The van der Waals surface area contributed by atoms with Crippen molar-refractivity contribution in [3.05, 3.63) is 72.6 Å². The third kappa shape index (κ3) is 6.38. The summed E-state index contributed by atoms with van der Waals surface area (Å²) in [5, 5.41) is 0. The summed E-state index contributed by atoms with van der Waals surface area (Å²) >= 11 is 0. The van der Waals surface area contributed by atoms with Gasteiger partial charge < -0.3 is 4.74 Å². The maximum absolute atomic E-state index is 11.6. The van der Waals surface area contributed by atoms with E-state index in [0.29, 0.717) is 5.75 Å². The first-order chi connectivity index (χ1) is 12.2. The van der Waals surface area contributed by atoms with E-state index < -0.39 is 0 Å². The summed E-state index contributed by atoms with van der Waals surface area (Å²) in [6.45, 7) is 4.09. The number of nitrogens with zero attached hydrogens (tertiary/aromatic N) is 1. The molecule has 0 atom stereocenters. The zero-order valence-corrected chi connectivity index (χ0v) is 14.9. The number of rotatable bonds is 8. The van der Waals surface area contributed by atoms with E-state index in [0.717, 1.165) is 23.2 Å². The van der Waals surface area contributed by atoms with E-state index in [4.69, 9.17) is 4.74 Å². The van der Waals surface area contributed by atoms with Crippen molar-refractivity contribution in [2.45, 2.75) is 39.5 Å². The molecule has 0 aliphatic heterocycles. The average Bonchev–Trinajstić information content (AvgIpc) is 2.63. The van der Waals surface area contributed by atoms with Crippen LogP contribution in [-0.4, -0.2) is 11.0 Å². The fraction of sp³-hybridized carbons (Fsp3) is 0.273. The maximum Gasteiger partial charge on any atom is 0.336 e. The summed E-state index contributed by atoms with van der Waals surface area (Å²) in [6, 6.07) is 11.6. The molecule has 0 spiro atoms. The van der Waals surface area contributed by atoms with Crippen molar-refractivity contribution >= 4 is 5.97 Å². The molecule has 0 aliphatic carbocycles. The smallest absolute Gasteiger partial charge is 0.336 e. The number of aromatic nitrogens is 1. The molecule has 2 rings (SSSR count). The van der Waals surface area contributed by atoms with Gasteiger partial charge in [0.25, 0.3) is 0 Å². The monoisotopic (exact) mass is 335 g/mol. The van der Waals surface area contributed by atoms with Crippen molar-refractivity contribution < 1.29 is 9.53 Å². The fourth-order valence-electron chi connectivity index (χ4n) is 2.41. The summed E-state index contributed by atoms with van der Waals surface area (Å²) in [4.78, 5) is 16.2. The topological polar surface area (TPSA) is 39.2 Å². The van der Waals surface area contributed by atoms with Crippen molar-refractivity contribution in [3.63, 3.8) is 0 Å². The zero-order valence-electron chi connectivity index (χ0n) is 14.9. The molecule has 0 saturated heterocycles.